The summed E-state index contributed by atoms with van der Waals surface area (Å²) in [5.74, 6) is 0. The predicted octanol–water partition coefficient (Wildman–Crippen LogP) is 3.04. The molecule has 0 spiro atoms. The Labute approximate surface area is 78.8 Å². The van der Waals surface area contributed by atoms with Crippen LogP contribution in [0.4, 0.5) is 0 Å². The molecule has 1 heterocycles. The summed E-state index contributed by atoms with van der Waals surface area (Å²) in [4.78, 5) is 2.85. The standard InChI is InChI=1S/C10H17NS/c1-5-11-8(3)10-6-7(2)12-9(10)4/h6,8,11H,5H2,1-4H3. The van der Waals surface area contributed by atoms with Crippen LogP contribution in [0.1, 0.15) is 35.2 Å². The first kappa shape index (κ1) is 9.75. The Kier molecular flexibility index (Phi) is 3.29. The van der Waals surface area contributed by atoms with Gasteiger partial charge in [-0.2, -0.15) is 0 Å². The maximum Gasteiger partial charge on any atom is 0.0302 e. The molecule has 1 rings (SSSR count). The summed E-state index contributed by atoms with van der Waals surface area (Å²) in [6, 6.07) is 2.78. The lowest BCUT2D eigenvalue weighted by Crippen LogP contribution is -2.17. The van der Waals surface area contributed by atoms with Gasteiger partial charge in [0.15, 0.2) is 0 Å². The van der Waals surface area contributed by atoms with Crippen molar-refractivity contribution in [3.05, 3.63) is 21.4 Å². The Hall–Kier alpha value is -0.340. The van der Waals surface area contributed by atoms with Crippen LogP contribution in [0.2, 0.25) is 0 Å². The second-order valence-electron chi connectivity index (χ2n) is 3.15. The van der Waals surface area contributed by atoms with Crippen molar-refractivity contribution < 1.29 is 0 Å². The van der Waals surface area contributed by atoms with Crippen LogP contribution in [0.15, 0.2) is 6.07 Å². The van der Waals surface area contributed by atoms with Crippen molar-refractivity contribution in [3.63, 3.8) is 0 Å². The zero-order valence-corrected chi connectivity index (χ0v) is 9.09. The van der Waals surface area contributed by atoms with Crippen LogP contribution in [-0.4, -0.2) is 6.54 Å². The molecule has 0 aliphatic carbocycles. The van der Waals surface area contributed by atoms with Gasteiger partial charge in [-0.25, -0.2) is 0 Å². The van der Waals surface area contributed by atoms with E-state index in [0.29, 0.717) is 6.04 Å². The molecule has 1 nitrogen and oxygen atoms in total. The van der Waals surface area contributed by atoms with Crippen molar-refractivity contribution in [3.8, 4) is 0 Å². The summed E-state index contributed by atoms with van der Waals surface area (Å²) in [7, 11) is 0. The fourth-order valence-electron chi connectivity index (χ4n) is 1.50. The zero-order valence-electron chi connectivity index (χ0n) is 8.27. The third-order valence-electron chi connectivity index (χ3n) is 2.06. The molecule has 1 N–H and O–H groups in total. The van der Waals surface area contributed by atoms with Crippen LogP contribution in [0.25, 0.3) is 0 Å². The molecule has 0 aromatic carbocycles. The van der Waals surface area contributed by atoms with Gasteiger partial charge in [0.2, 0.25) is 0 Å². The number of nitrogens with one attached hydrogen (secondary N) is 1. The topological polar surface area (TPSA) is 12.0 Å². The molecule has 0 amide bonds. The highest BCUT2D eigenvalue weighted by molar-refractivity contribution is 7.12. The first-order chi connectivity index (χ1) is 5.65. The van der Waals surface area contributed by atoms with E-state index in [-0.39, 0.29) is 0 Å². The van der Waals surface area contributed by atoms with E-state index in [9.17, 15) is 0 Å². The third-order valence-corrected chi connectivity index (χ3v) is 3.04. The molecule has 0 bridgehead atoms. The monoisotopic (exact) mass is 183 g/mol. The lowest BCUT2D eigenvalue weighted by Gasteiger charge is -2.11. The maximum absolute atomic E-state index is 3.42. The SMILES string of the molecule is CCNC(C)c1cc(C)sc1C. The normalized spacial score (nSPS) is 13.3. The Bertz CT molecular complexity index is 252. The molecule has 1 atom stereocenters. The highest BCUT2D eigenvalue weighted by Gasteiger charge is 2.08. The molecule has 0 radical (unpaired) electrons. The van der Waals surface area contributed by atoms with Crippen molar-refractivity contribution in [2.24, 2.45) is 0 Å². The average molecular weight is 183 g/mol. The molecule has 12 heavy (non-hydrogen) atoms. The van der Waals surface area contributed by atoms with E-state index < -0.39 is 0 Å². The van der Waals surface area contributed by atoms with Crippen LogP contribution in [0, 0.1) is 13.8 Å². The molecule has 1 aromatic heterocycles. The second kappa shape index (κ2) is 4.06. The van der Waals surface area contributed by atoms with Crippen molar-refractivity contribution in [1.29, 1.82) is 0 Å². The Morgan fingerprint density at radius 1 is 1.50 bits per heavy atom. The molecule has 0 saturated heterocycles. The highest BCUT2D eigenvalue weighted by atomic mass is 32.1. The summed E-state index contributed by atoms with van der Waals surface area (Å²) in [6.45, 7) is 9.76. The van der Waals surface area contributed by atoms with Gasteiger partial charge in [0.1, 0.15) is 0 Å². The van der Waals surface area contributed by atoms with Gasteiger partial charge >= 0.3 is 0 Å². The van der Waals surface area contributed by atoms with Crippen LogP contribution >= 0.6 is 11.3 Å². The Morgan fingerprint density at radius 2 is 2.17 bits per heavy atom. The van der Waals surface area contributed by atoms with E-state index in [1.54, 1.807) is 0 Å². The Morgan fingerprint density at radius 3 is 2.58 bits per heavy atom. The summed E-state index contributed by atoms with van der Waals surface area (Å²) in [6.07, 6.45) is 0. The lowest BCUT2D eigenvalue weighted by atomic mass is 10.1. The van der Waals surface area contributed by atoms with Gasteiger partial charge in [-0.1, -0.05) is 6.92 Å². The minimum atomic E-state index is 0.500. The largest absolute Gasteiger partial charge is 0.310 e. The van der Waals surface area contributed by atoms with E-state index in [2.05, 4.69) is 39.1 Å². The molecule has 1 unspecified atom stereocenters. The van der Waals surface area contributed by atoms with Crippen molar-refractivity contribution >= 4 is 11.3 Å². The van der Waals surface area contributed by atoms with E-state index in [0.717, 1.165) is 6.54 Å². The van der Waals surface area contributed by atoms with Crippen LogP contribution in [0.3, 0.4) is 0 Å². The summed E-state index contributed by atoms with van der Waals surface area (Å²) >= 11 is 1.88. The van der Waals surface area contributed by atoms with Crippen molar-refractivity contribution in [1.82, 2.24) is 5.32 Å². The average Bonchev–Trinajstić information content (AvgIpc) is 2.30. The first-order valence-corrected chi connectivity index (χ1v) is 5.27. The molecular weight excluding hydrogens is 166 g/mol. The number of hydrogen-bond acceptors (Lipinski definition) is 2. The third kappa shape index (κ3) is 2.08. The molecule has 68 valence electrons. The smallest absolute Gasteiger partial charge is 0.0302 e. The van der Waals surface area contributed by atoms with Crippen LogP contribution in [-0.2, 0) is 0 Å². The van der Waals surface area contributed by atoms with E-state index in [1.165, 1.54) is 15.3 Å². The first-order valence-electron chi connectivity index (χ1n) is 4.45. The number of hydrogen-bond donors (Lipinski definition) is 1. The maximum atomic E-state index is 3.42. The molecule has 2 heteroatoms. The number of aryl methyl sites for hydroxylation is 2. The van der Waals surface area contributed by atoms with Gasteiger partial charge < -0.3 is 5.32 Å². The molecule has 0 aliphatic heterocycles. The highest BCUT2D eigenvalue weighted by Crippen LogP contribution is 2.25. The minimum absolute atomic E-state index is 0.500. The van der Waals surface area contributed by atoms with E-state index >= 15 is 0 Å². The summed E-state index contributed by atoms with van der Waals surface area (Å²) in [5.41, 5.74) is 1.46. The molecular formula is C10H17NS. The molecule has 0 aliphatic rings. The predicted molar refractivity (Wildman–Crippen MR) is 55.9 cm³/mol. The molecule has 1 aromatic rings. The summed E-state index contributed by atoms with van der Waals surface area (Å²) in [5, 5.41) is 3.42. The minimum Gasteiger partial charge on any atom is -0.310 e. The van der Waals surface area contributed by atoms with Gasteiger partial charge in [0.25, 0.3) is 0 Å². The second-order valence-corrected chi connectivity index (χ2v) is 4.61. The van der Waals surface area contributed by atoms with Crippen LogP contribution in [0.5, 0.6) is 0 Å². The lowest BCUT2D eigenvalue weighted by molar-refractivity contribution is 0.597. The van der Waals surface area contributed by atoms with Gasteiger partial charge in [-0.3, -0.25) is 0 Å². The van der Waals surface area contributed by atoms with Gasteiger partial charge in [-0.05, 0) is 38.9 Å². The van der Waals surface area contributed by atoms with Crippen LogP contribution < -0.4 is 5.32 Å². The molecule has 0 fully saturated rings. The molecule has 0 saturated carbocycles. The number of thiophene rings is 1. The Balaban J connectivity index is 2.79. The zero-order chi connectivity index (χ0) is 9.14. The fraction of sp³-hybridized carbons (Fsp3) is 0.600. The number of rotatable bonds is 3. The van der Waals surface area contributed by atoms with E-state index in [1.807, 2.05) is 11.3 Å². The van der Waals surface area contributed by atoms with Crippen molar-refractivity contribution in [2.45, 2.75) is 33.7 Å². The quantitative estimate of drug-likeness (QED) is 0.759. The van der Waals surface area contributed by atoms with Gasteiger partial charge in [0, 0.05) is 15.8 Å². The van der Waals surface area contributed by atoms with Crippen molar-refractivity contribution in [2.75, 3.05) is 6.54 Å². The van der Waals surface area contributed by atoms with E-state index in [4.69, 9.17) is 0 Å². The van der Waals surface area contributed by atoms with Gasteiger partial charge in [-0.15, -0.1) is 11.3 Å². The van der Waals surface area contributed by atoms with Gasteiger partial charge in [0.05, 0.1) is 0 Å². The summed E-state index contributed by atoms with van der Waals surface area (Å²) < 4.78 is 0. The fourth-order valence-corrected chi connectivity index (χ4v) is 2.52.